The summed E-state index contributed by atoms with van der Waals surface area (Å²) in [6, 6.07) is 7.78. The minimum absolute atomic E-state index is 0.00702. The van der Waals surface area contributed by atoms with Crippen molar-refractivity contribution in [2.24, 2.45) is 9.98 Å². The number of phenolic OH excluding ortho intramolecular Hbond substituents is 2. The van der Waals surface area contributed by atoms with Crippen LogP contribution in [0.15, 0.2) is 34.3 Å². The van der Waals surface area contributed by atoms with E-state index >= 15 is 0 Å². The lowest BCUT2D eigenvalue weighted by Gasteiger charge is -2.26. The standard InChI is InChI=1S/C30H40Cl2N2O2/c1-29(2,3)23-13-19(15-31)11-21(27(23)35)17-33-25-9-7-8-10-26(25)34-18-22-12-20(16-32)14-24(28(22)36)30(4,5)6/h11-14,17-18,25-26,35-36H,7-10,15-16H2,1-6H3/t25-,26-/m0/s1. The molecule has 0 spiro atoms. The molecule has 0 aromatic heterocycles. The monoisotopic (exact) mass is 530 g/mol. The highest BCUT2D eigenvalue weighted by molar-refractivity contribution is 6.17. The van der Waals surface area contributed by atoms with E-state index in [4.69, 9.17) is 33.2 Å². The van der Waals surface area contributed by atoms with Gasteiger partial charge in [-0.25, -0.2) is 0 Å². The van der Waals surface area contributed by atoms with Gasteiger partial charge in [-0.3, -0.25) is 9.98 Å². The molecule has 0 radical (unpaired) electrons. The molecule has 6 heteroatoms. The summed E-state index contributed by atoms with van der Waals surface area (Å²) < 4.78 is 0. The van der Waals surface area contributed by atoms with E-state index in [1.807, 2.05) is 24.3 Å². The molecule has 196 valence electrons. The number of hydrogen-bond donors (Lipinski definition) is 2. The van der Waals surface area contributed by atoms with E-state index in [0.717, 1.165) is 47.9 Å². The van der Waals surface area contributed by atoms with Crippen LogP contribution in [0.4, 0.5) is 0 Å². The van der Waals surface area contributed by atoms with Crippen molar-refractivity contribution in [3.05, 3.63) is 57.6 Å². The zero-order chi connectivity index (χ0) is 26.7. The normalized spacial score (nSPS) is 19.4. The fourth-order valence-electron chi connectivity index (χ4n) is 4.72. The Bertz CT molecular complexity index is 1040. The second-order valence-corrected chi connectivity index (χ2v) is 12.4. The molecule has 4 nitrogen and oxygen atoms in total. The summed E-state index contributed by atoms with van der Waals surface area (Å²) >= 11 is 12.3. The maximum absolute atomic E-state index is 11.0. The third-order valence-corrected chi connectivity index (χ3v) is 7.44. The highest BCUT2D eigenvalue weighted by Crippen LogP contribution is 2.36. The van der Waals surface area contributed by atoms with Crippen molar-refractivity contribution in [3.8, 4) is 11.5 Å². The molecule has 2 atom stereocenters. The maximum atomic E-state index is 11.0. The lowest BCUT2D eigenvalue weighted by molar-refractivity contribution is 0.390. The summed E-state index contributed by atoms with van der Waals surface area (Å²) in [5, 5.41) is 21.9. The SMILES string of the molecule is CC(C)(C)c1cc(CCl)cc(C=N[C@H]2CCCC[C@@H]2N=Cc2cc(CCl)cc(C(C)(C)C)c2O)c1O. The highest BCUT2D eigenvalue weighted by atomic mass is 35.5. The number of rotatable bonds is 6. The molecule has 2 aromatic carbocycles. The van der Waals surface area contributed by atoms with Crippen LogP contribution in [-0.2, 0) is 22.6 Å². The van der Waals surface area contributed by atoms with Gasteiger partial charge < -0.3 is 10.2 Å². The van der Waals surface area contributed by atoms with Crippen molar-refractivity contribution in [3.63, 3.8) is 0 Å². The van der Waals surface area contributed by atoms with Gasteiger partial charge in [-0.15, -0.1) is 23.2 Å². The molecule has 0 heterocycles. The largest absolute Gasteiger partial charge is 0.507 e. The van der Waals surface area contributed by atoms with Crippen molar-refractivity contribution in [1.29, 1.82) is 0 Å². The van der Waals surface area contributed by atoms with Gasteiger partial charge in [0.2, 0.25) is 0 Å². The number of halogens is 2. The number of alkyl halides is 2. The average Bonchev–Trinajstić information content (AvgIpc) is 2.81. The third-order valence-electron chi connectivity index (χ3n) is 6.83. The van der Waals surface area contributed by atoms with Gasteiger partial charge in [0.25, 0.3) is 0 Å². The Morgan fingerprint density at radius 2 is 1.08 bits per heavy atom. The second kappa shape index (κ2) is 11.6. The molecule has 0 bridgehead atoms. The van der Waals surface area contributed by atoms with Crippen LogP contribution in [0.5, 0.6) is 11.5 Å². The van der Waals surface area contributed by atoms with Crippen LogP contribution >= 0.6 is 23.2 Å². The van der Waals surface area contributed by atoms with E-state index in [1.165, 1.54) is 0 Å². The predicted molar refractivity (Wildman–Crippen MR) is 154 cm³/mol. The molecule has 2 N–H and O–H groups in total. The van der Waals surface area contributed by atoms with Crippen LogP contribution in [0.1, 0.15) is 101 Å². The van der Waals surface area contributed by atoms with Crippen LogP contribution in [0.2, 0.25) is 0 Å². The Labute approximate surface area is 226 Å². The molecule has 2 aromatic rings. The average molecular weight is 532 g/mol. The van der Waals surface area contributed by atoms with Gasteiger partial charge in [0.05, 0.1) is 12.1 Å². The number of hydrogen-bond acceptors (Lipinski definition) is 4. The van der Waals surface area contributed by atoms with Gasteiger partial charge in [-0.2, -0.15) is 0 Å². The van der Waals surface area contributed by atoms with Gasteiger partial charge in [-0.05, 0) is 46.9 Å². The molecule has 3 rings (SSSR count). The molecule has 36 heavy (non-hydrogen) atoms. The molecule has 0 unspecified atom stereocenters. The van der Waals surface area contributed by atoms with Crippen LogP contribution < -0.4 is 0 Å². The Kier molecular flexibility index (Phi) is 9.16. The fourth-order valence-corrected chi connectivity index (χ4v) is 5.03. The fraction of sp³-hybridized carbons (Fsp3) is 0.533. The van der Waals surface area contributed by atoms with E-state index in [2.05, 4.69) is 41.5 Å². The van der Waals surface area contributed by atoms with Gasteiger partial charge in [0.1, 0.15) is 11.5 Å². The van der Waals surface area contributed by atoms with E-state index in [-0.39, 0.29) is 34.4 Å². The molecule has 1 aliphatic carbocycles. The van der Waals surface area contributed by atoms with Crippen molar-refractivity contribution >= 4 is 35.6 Å². The Balaban J connectivity index is 1.92. The number of aliphatic imine (C=N–C) groups is 2. The Hall–Kier alpha value is -2.04. The second-order valence-electron chi connectivity index (χ2n) is 11.9. The number of aromatic hydroxyl groups is 2. The molecule has 0 saturated heterocycles. The van der Waals surface area contributed by atoms with Gasteiger partial charge in [0, 0.05) is 46.4 Å². The summed E-state index contributed by atoms with van der Waals surface area (Å²) in [6.07, 6.45) is 7.61. The first kappa shape index (κ1) is 28.5. The Morgan fingerprint density at radius 3 is 1.39 bits per heavy atom. The number of nitrogens with zero attached hydrogens (tertiary/aromatic N) is 2. The predicted octanol–water partition coefficient (Wildman–Crippen LogP) is 8.02. The molecular weight excluding hydrogens is 491 g/mol. The van der Waals surface area contributed by atoms with Crippen molar-refractivity contribution in [1.82, 2.24) is 0 Å². The zero-order valence-corrected chi connectivity index (χ0v) is 23.9. The van der Waals surface area contributed by atoms with Crippen molar-refractivity contribution in [2.75, 3.05) is 0 Å². The summed E-state index contributed by atoms with van der Waals surface area (Å²) in [4.78, 5) is 9.79. The first-order valence-corrected chi connectivity index (χ1v) is 13.8. The topological polar surface area (TPSA) is 65.2 Å². The van der Waals surface area contributed by atoms with Crippen molar-refractivity contribution < 1.29 is 10.2 Å². The molecule has 1 aliphatic rings. The minimum Gasteiger partial charge on any atom is -0.507 e. The van der Waals surface area contributed by atoms with E-state index in [9.17, 15) is 10.2 Å². The van der Waals surface area contributed by atoms with Gasteiger partial charge in [0.15, 0.2) is 0 Å². The van der Waals surface area contributed by atoms with Crippen LogP contribution in [-0.4, -0.2) is 34.7 Å². The van der Waals surface area contributed by atoms with Crippen LogP contribution in [0, 0.1) is 0 Å². The summed E-state index contributed by atoms with van der Waals surface area (Å²) in [6.45, 7) is 12.5. The maximum Gasteiger partial charge on any atom is 0.128 e. The molecule has 1 fully saturated rings. The number of phenols is 2. The summed E-state index contributed by atoms with van der Waals surface area (Å²) in [5.74, 6) is 1.27. The van der Waals surface area contributed by atoms with Gasteiger partial charge >= 0.3 is 0 Å². The summed E-state index contributed by atoms with van der Waals surface area (Å²) in [7, 11) is 0. The minimum atomic E-state index is -0.210. The lowest BCUT2D eigenvalue weighted by Crippen LogP contribution is -2.27. The van der Waals surface area contributed by atoms with Crippen molar-refractivity contribution in [2.45, 2.75) is 102 Å². The number of benzene rings is 2. The molecule has 0 amide bonds. The van der Waals surface area contributed by atoms with Crippen LogP contribution in [0.3, 0.4) is 0 Å². The molecule has 1 saturated carbocycles. The van der Waals surface area contributed by atoms with Gasteiger partial charge in [-0.1, -0.05) is 66.5 Å². The Morgan fingerprint density at radius 1 is 0.722 bits per heavy atom. The lowest BCUT2D eigenvalue weighted by atomic mass is 9.84. The first-order chi connectivity index (χ1) is 16.8. The van der Waals surface area contributed by atoms with E-state index < -0.39 is 0 Å². The zero-order valence-electron chi connectivity index (χ0n) is 22.4. The molecule has 0 aliphatic heterocycles. The third kappa shape index (κ3) is 6.83. The molecular formula is C30H40Cl2N2O2. The van der Waals surface area contributed by atoms with E-state index in [0.29, 0.717) is 22.9 Å². The van der Waals surface area contributed by atoms with Crippen LogP contribution in [0.25, 0.3) is 0 Å². The quantitative estimate of drug-likeness (QED) is 0.293. The smallest absolute Gasteiger partial charge is 0.128 e. The summed E-state index contributed by atoms with van der Waals surface area (Å²) in [5.41, 5.74) is 4.61. The highest BCUT2D eigenvalue weighted by Gasteiger charge is 2.25. The van der Waals surface area contributed by atoms with E-state index in [1.54, 1.807) is 12.4 Å². The first-order valence-electron chi connectivity index (χ1n) is 12.8.